The first-order chi connectivity index (χ1) is 14.9. The first kappa shape index (κ1) is 34.7. The van der Waals surface area contributed by atoms with Gasteiger partial charge in [0.25, 0.3) is 10.1 Å². The van der Waals surface area contributed by atoms with Gasteiger partial charge in [0.15, 0.2) is 0 Å². The number of aryl methyl sites for hydroxylation is 4. The second kappa shape index (κ2) is 17.6. The lowest BCUT2D eigenvalue weighted by molar-refractivity contribution is 0.476. The number of rotatable bonds is 3. The van der Waals surface area contributed by atoms with Gasteiger partial charge < -0.3 is 0 Å². The van der Waals surface area contributed by atoms with Gasteiger partial charge in [0.1, 0.15) is 0 Å². The van der Waals surface area contributed by atoms with E-state index in [9.17, 15) is 13.0 Å². The van der Waals surface area contributed by atoms with Crippen LogP contribution in [-0.4, -0.2) is 13.0 Å². The van der Waals surface area contributed by atoms with E-state index in [-0.39, 0.29) is 10.3 Å². The average molecular weight is 465 g/mol. The highest BCUT2D eigenvalue weighted by Crippen LogP contribution is 2.31. The molecule has 0 spiro atoms. The van der Waals surface area contributed by atoms with Crippen LogP contribution in [0.1, 0.15) is 89.6 Å². The highest BCUT2D eigenvalue weighted by molar-refractivity contribution is 7.85. The molecule has 2 aromatic rings. The molecule has 0 atom stereocenters. The van der Waals surface area contributed by atoms with Gasteiger partial charge in [-0.05, 0) is 60.9 Å². The van der Waals surface area contributed by atoms with Crippen LogP contribution in [0.25, 0.3) is 0 Å². The van der Waals surface area contributed by atoms with Gasteiger partial charge in [0, 0.05) is 0 Å². The molecule has 0 saturated carbocycles. The Morgan fingerprint density at radius 2 is 1.25 bits per heavy atom. The fourth-order valence-electron chi connectivity index (χ4n) is 2.63. The molecule has 0 aliphatic carbocycles. The minimum absolute atomic E-state index is 0.0168. The normalized spacial score (nSPS) is 10.0. The van der Waals surface area contributed by atoms with Crippen LogP contribution in [0.15, 0.2) is 54.5 Å². The van der Waals surface area contributed by atoms with Crippen LogP contribution in [-0.2, 0) is 22.0 Å². The Labute approximate surface area is 199 Å². The molecule has 0 amide bonds. The van der Waals surface area contributed by atoms with Crippen molar-refractivity contribution in [2.24, 2.45) is 0 Å². The molecule has 184 valence electrons. The Bertz CT molecular complexity index is 843. The van der Waals surface area contributed by atoms with Crippen LogP contribution in [0, 0.1) is 20.8 Å². The summed E-state index contributed by atoms with van der Waals surface area (Å²) >= 11 is 0. The predicted octanol–water partition coefficient (Wildman–Crippen LogP) is 8.65. The quantitative estimate of drug-likeness (QED) is 0.365. The maximum Gasteiger partial charge on any atom is 0.294 e. The fourth-order valence-corrected chi connectivity index (χ4v) is 3.60. The zero-order chi connectivity index (χ0) is 26.1. The van der Waals surface area contributed by atoms with Gasteiger partial charge in [-0.1, -0.05) is 97.7 Å². The molecule has 2 aromatic carbocycles. The van der Waals surface area contributed by atoms with Crippen molar-refractivity contribution in [3.63, 3.8) is 0 Å². The zero-order valence-electron chi connectivity index (χ0n) is 22.5. The highest BCUT2D eigenvalue weighted by atomic mass is 32.2. The second-order valence-electron chi connectivity index (χ2n) is 7.89. The molecule has 32 heavy (non-hydrogen) atoms. The number of benzene rings is 2. The van der Waals surface area contributed by atoms with Crippen molar-refractivity contribution in [2.75, 3.05) is 0 Å². The summed E-state index contributed by atoms with van der Waals surface area (Å²) < 4.78 is 31.9. The van der Waals surface area contributed by atoms with Gasteiger partial charge >= 0.3 is 0 Å². The third-order valence-electron chi connectivity index (χ3n) is 4.34. The summed E-state index contributed by atoms with van der Waals surface area (Å²) in [6, 6.07) is 12.1. The summed E-state index contributed by atoms with van der Waals surface area (Å²) in [7, 11) is -4.16. The summed E-state index contributed by atoms with van der Waals surface area (Å²) in [6.07, 6.45) is 2.45. The molecule has 0 saturated heterocycles. The lowest BCUT2D eigenvalue weighted by atomic mass is 9.85. The number of hydrogen-bond donors (Lipinski definition) is 1. The van der Waals surface area contributed by atoms with Crippen LogP contribution in [0.2, 0.25) is 0 Å². The van der Waals surface area contributed by atoms with Crippen LogP contribution in [0.4, 0.5) is 0 Å². The third kappa shape index (κ3) is 13.5. The van der Waals surface area contributed by atoms with Crippen molar-refractivity contribution >= 4 is 10.1 Å². The second-order valence-corrected chi connectivity index (χ2v) is 9.28. The van der Waals surface area contributed by atoms with Gasteiger partial charge in [0.2, 0.25) is 0 Å². The van der Waals surface area contributed by atoms with Crippen LogP contribution < -0.4 is 0 Å². The lowest BCUT2D eigenvalue weighted by Gasteiger charge is -2.23. The lowest BCUT2D eigenvalue weighted by Crippen LogP contribution is -2.17. The molecule has 0 aliphatic rings. The standard InChI is InChI=1S/C12H18O3S.C10H14.2C2H6.C2H4/c1-8-6-10(12(3,4)5)11(7-9(8)2)16(13,14)15;1-3-4-10-7-5-9(2)6-8-10;3*1-2/h6-7H,1-5H3,(H,13,14,15);5-8H,3-4H2,1-2H3;2*1-2H3;1-2H2. The molecule has 0 fully saturated rings. The first-order valence-corrected chi connectivity index (χ1v) is 12.9. The van der Waals surface area contributed by atoms with E-state index in [2.05, 4.69) is 51.3 Å². The minimum atomic E-state index is -4.16. The van der Waals surface area contributed by atoms with Crippen molar-refractivity contribution < 1.29 is 13.0 Å². The van der Waals surface area contributed by atoms with Crippen molar-refractivity contribution in [1.29, 1.82) is 0 Å². The van der Waals surface area contributed by atoms with Crippen molar-refractivity contribution in [2.45, 2.75) is 99.3 Å². The average Bonchev–Trinajstić information content (AvgIpc) is 2.75. The van der Waals surface area contributed by atoms with Crippen molar-refractivity contribution in [3.8, 4) is 0 Å². The third-order valence-corrected chi connectivity index (χ3v) is 5.23. The largest absolute Gasteiger partial charge is 0.294 e. The monoisotopic (exact) mass is 464 g/mol. The van der Waals surface area contributed by atoms with Gasteiger partial charge in [-0.25, -0.2) is 0 Å². The van der Waals surface area contributed by atoms with Crippen LogP contribution in [0.3, 0.4) is 0 Å². The van der Waals surface area contributed by atoms with Crippen LogP contribution >= 0.6 is 0 Å². The van der Waals surface area contributed by atoms with E-state index in [4.69, 9.17) is 0 Å². The summed E-state index contributed by atoms with van der Waals surface area (Å²) in [4.78, 5) is 0.0168. The van der Waals surface area contributed by atoms with E-state index < -0.39 is 10.1 Å². The van der Waals surface area contributed by atoms with Gasteiger partial charge in [-0.3, -0.25) is 4.55 Å². The van der Waals surface area contributed by atoms with E-state index in [0.717, 1.165) is 11.1 Å². The smallest absolute Gasteiger partial charge is 0.282 e. The van der Waals surface area contributed by atoms with E-state index in [1.807, 2.05) is 68.4 Å². The van der Waals surface area contributed by atoms with Gasteiger partial charge in [-0.15, -0.1) is 13.2 Å². The summed E-state index contributed by atoms with van der Waals surface area (Å²) in [6.45, 7) is 27.9. The van der Waals surface area contributed by atoms with E-state index >= 15 is 0 Å². The predicted molar refractivity (Wildman–Crippen MR) is 144 cm³/mol. The Morgan fingerprint density at radius 1 is 0.844 bits per heavy atom. The molecule has 0 aliphatic heterocycles. The first-order valence-electron chi connectivity index (χ1n) is 11.5. The molecule has 3 nitrogen and oxygen atoms in total. The van der Waals surface area contributed by atoms with Crippen molar-refractivity contribution in [1.82, 2.24) is 0 Å². The molecule has 2 rings (SSSR count). The molecular weight excluding hydrogens is 416 g/mol. The van der Waals surface area contributed by atoms with Crippen molar-refractivity contribution in [3.05, 3.63) is 77.4 Å². The van der Waals surface area contributed by atoms with Gasteiger partial charge in [0.05, 0.1) is 4.90 Å². The fraction of sp³-hybridized carbons (Fsp3) is 0.500. The Balaban J connectivity index is -0.000000451. The topological polar surface area (TPSA) is 54.4 Å². The van der Waals surface area contributed by atoms with E-state index in [0.29, 0.717) is 5.56 Å². The molecule has 0 unspecified atom stereocenters. The van der Waals surface area contributed by atoms with Crippen LogP contribution in [0.5, 0.6) is 0 Å². The summed E-state index contributed by atoms with van der Waals surface area (Å²) in [5.74, 6) is 0. The summed E-state index contributed by atoms with van der Waals surface area (Å²) in [5.41, 5.74) is 5.02. The molecule has 1 N–H and O–H groups in total. The maximum absolute atomic E-state index is 11.3. The maximum atomic E-state index is 11.3. The van der Waals surface area contributed by atoms with E-state index in [1.165, 1.54) is 30.0 Å². The molecule has 4 heteroatoms. The molecule has 0 aromatic heterocycles. The molecule has 0 heterocycles. The zero-order valence-corrected chi connectivity index (χ0v) is 23.3. The van der Waals surface area contributed by atoms with E-state index in [1.54, 1.807) is 0 Å². The SMILES string of the molecule is C=C.CC.CC.CCCc1ccc(C)cc1.Cc1cc(C(C)(C)C)c(S(=O)(=O)O)cc1C. The Kier molecular flexibility index (Phi) is 19.1. The minimum Gasteiger partial charge on any atom is -0.282 e. The molecule has 0 bridgehead atoms. The van der Waals surface area contributed by atoms with Gasteiger partial charge in [-0.2, -0.15) is 8.42 Å². The molecular formula is C28H48O3S. The summed E-state index contributed by atoms with van der Waals surface area (Å²) in [5, 5.41) is 0. The number of hydrogen-bond acceptors (Lipinski definition) is 2. The Hall–Kier alpha value is -1.91. The Morgan fingerprint density at radius 3 is 1.59 bits per heavy atom. The highest BCUT2D eigenvalue weighted by Gasteiger charge is 2.25. The molecule has 0 radical (unpaired) electrons.